The van der Waals surface area contributed by atoms with E-state index in [1.165, 1.54) is 15.4 Å². The summed E-state index contributed by atoms with van der Waals surface area (Å²) in [5.74, 6) is 0. The minimum Gasteiger partial charge on any atom is -0.457 e. The number of hydrogen-bond donors (Lipinski definition) is 0. The third kappa shape index (κ3) is 2.37. The van der Waals surface area contributed by atoms with Crippen molar-refractivity contribution in [3.63, 3.8) is 0 Å². The first kappa shape index (κ1) is 9.33. The van der Waals surface area contributed by atoms with Crippen LogP contribution < -0.4 is 5.46 Å². The molecule has 0 bridgehead atoms. The lowest BCUT2D eigenvalue weighted by Gasteiger charge is -2.18. The normalized spacial score (nSPS) is 16.2. The van der Waals surface area contributed by atoms with E-state index in [0.29, 0.717) is 0 Å². The molecule has 0 aromatic heterocycles. The number of halogens is 1. The summed E-state index contributed by atoms with van der Waals surface area (Å²) < 4.78 is 15.8. The fourth-order valence-corrected chi connectivity index (χ4v) is 1.26. The van der Waals surface area contributed by atoms with Crippen molar-refractivity contribution < 1.29 is 13.7 Å². The second-order valence-electron chi connectivity index (χ2n) is 2.48. The zero-order valence-corrected chi connectivity index (χ0v) is 8.23. The summed E-state index contributed by atoms with van der Waals surface area (Å²) in [6, 6.07) is 7.69. The van der Waals surface area contributed by atoms with Crippen LogP contribution in [0.4, 0.5) is 0 Å². The Morgan fingerprint density at radius 2 is 1.69 bits per heavy atom. The summed E-state index contributed by atoms with van der Waals surface area (Å²) in [7, 11) is 2.09. The molecule has 2 rings (SSSR count). The maximum Gasteiger partial charge on any atom is 0.465 e. The highest BCUT2D eigenvalue weighted by molar-refractivity contribution is 9.10. The van der Waals surface area contributed by atoms with E-state index in [9.17, 15) is 0 Å². The van der Waals surface area contributed by atoms with Gasteiger partial charge in [-0.3, -0.25) is 0 Å². The first-order valence-corrected chi connectivity index (χ1v) is 4.51. The summed E-state index contributed by atoms with van der Waals surface area (Å²) in [4.78, 5) is 0. The highest BCUT2D eigenvalue weighted by atomic mass is 79.9. The second kappa shape index (κ2) is 4.33. The molecular formula is C6H4B3BrO3. The largest absolute Gasteiger partial charge is 0.465 e. The summed E-state index contributed by atoms with van der Waals surface area (Å²) in [6.45, 7) is 0. The third-order valence-electron chi connectivity index (χ3n) is 1.61. The maximum absolute atomic E-state index is 5.09. The second-order valence-corrected chi connectivity index (χ2v) is 3.40. The highest BCUT2D eigenvalue weighted by Crippen LogP contribution is 2.06. The molecule has 7 heteroatoms. The molecule has 0 N–H and O–H groups in total. The van der Waals surface area contributed by atoms with E-state index in [-0.39, 0.29) is 0 Å². The van der Waals surface area contributed by atoms with Gasteiger partial charge in [0.2, 0.25) is 0 Å². The lowest BCUT2D eigenvalue weighted by atomic mass is 9.75. The molecule has 2 radical (unpaired) electrons. The zero-order valence-electron chi connectivity index (χ0n) is 6.64. The molecule has 13 heavy (non-hydrogen) atoms. The molecule has 1 aliphatic heterocycles. The summed E-state index contributed by atoms with van der Waals surface area (Å²) in [6.07, 6.45) is 0. The molecule has 0 amide bonds. The van der Waals surface area contributed by atoms with E-state index in [4.69, 9.17) is 9.14 Å². The van der Waals surface area contributed by atoms with Crippen LogP contribution in [0.5, 0.6) is 0 Å². The minimum absolute atomic E-state index is 0.401. The Morgan fingerprint density at radius 1 is 1.08 bits per heavy atom. The van der Waals surface area contributed by atoms with Crippen LogP contribution >= 0.6 is 15.9 Å². The van der Waals surface area contributed by atoms with E-state index in [0.717, 1.165) is 9.94 Å². The Balaban J connectivity index is 2.10. The van der Waals surface area contributed by atoms with E-state index in [2.05, 4.69) is 20.5 Å². The quantitative estimate of drug-likeness (QED) is 0.656. The van der Waals surface area contributed by atoms with Crippen molar-refractivity contribution in [1.29, 1.82) is 0 Å². The van der Waals surface area contributed by atoms with Gasteiger partial charge in [-0.1, -0.05) is 28.1 Å². The molecule has 0 atom stereocenters. The predicted octanol–water partition coefficient (Wildman–Crippen LogP) is 0.276. The van der Waals surface area contributed by atoms with Gasteiger partial charge in [0.25, 0.3) is 0 Å². The average Bonchev–Trinajstić information content (AvgIpc) is 2.20. The van der Waals surface area contributed by atoms with Gasteiger partial charge in [0, 0.05) is 4.47 Å². The summed E-state index contributed by atoms with van der Waals surface area (Å²) >= 11 is 3.35. The molecule has 1 heterocycles. The van der Waals surface area contributed by atoms with Crippen molar-refractivity contribution >= 4 is 43.9 Å². The van der Waals surface area contributed by atoms with E-state index < -0.39 is 7.12 Å². The van der Waals surface area contributed by atoms with Crippen LogP contribution in [0.25, 0.3) is 0 Å². The van der Waals surface area contributed by atoms with Gasteiger partial charge < -0.3 is 13.7 Å². The van der Waals surface area contributed by atoms with Gasteiger partial charge >= 0.3 is 22.5 Å². The Morgan fingerprint density at radius 3 is 2.31 bits per heavy atom. The van der Waals surface area contributed by atoms with Crippen molar-refractivity contribution in [2.24, 2.45) is 0 Å². The molecular weight excluding hydrogens is 232 g/mol. The molecule has 0 unspecified atom stereocenters. The van der Waals surface area contributed by atoms with Gasteiger partial charge in [-0.2, -0.15) is 0 Å². The van der Waals surface area contributed by atoms with Crippen molar-refractivity contribution in [3.05, 3.63) is 28.7 Å². The minimum atomic E-state index is -0.401. The topological polar surface area (TPSA) is 27.7 Å². The number of hydrogen-bond acceptors (Lipinski definition) is 3. The van der Waals surface area contributed by atoms with Gasteiger partial charge in [0.05, 0.1) is 0 Å². The lowest BCUT2D eigenvalue weighted by molar-refractivity contribution is 0.334. The van der Waals surface area contributed by atoms with Crippen molar-refractivity contribution in [2.45, 2.75) is 0 Å². The molecule has 0 saturated carbocycles. The molecule has 1 aliphatic rings. The Hall–Kier alpha value is -0.225. The lowest BCUT2D eigenvalue weighted by Crippen LogP contribution is -2.44. The molecule has 1 aromatic carbocycles. The summed E-state index contributed by atoms with van der Waals surface area (Å²) in [5.41, 5.74) is 0.944. The van der Waals surface area contributed by atoms with E-state index in [1.807, 2.05) is 24.3 Å². The van der Waals surface area contributed by atoms with Gasteiger partial charge in [-0.05, 0) is 17.6 Å². The Labute approximate surface area is 86.6 Å². The Kier molecular flexibility index (Phi) is 3.11. The molecule has 1 aromatic rings. The van der Waals surface area contributed by atoms with Gasteiger partial charge in [0.15, 0.2) is 0 Å². The van der Waals surface area contributed by atoms with Gasteiger partial charge in [-0.25, -0.2) is 0 Å². The monoisotopic (exact) mass is 236 g/mol. The smallest absolute Gasteiger partial charge is 0.457 e. The van der Waals surface area contributed by atoms with Crippen molar-refractivity contribution in [2.75, 3.05) is 0 Å². The first-order valence-electron chi connectivity index (χ1n) is 3.71. The fourth-order valence-electron chi connectivity index (χ4n) is 0.997. The third-order valence-corrected chi connectivity index (χ3v) is 2.14. The van der Waals surface area contributed by atoms with Crippen molar-refractivity contribution in [3.8, 4) is 0 Å². The fraction of sp³-hybridized carbons (Fsp3) is 0. The molecule has 0 aliphatic carbocycles. The zero-order chi connectivity index (χ0) is 9.10. The predicted molar refractivity (Wildman–Crippen MR) is 54.3 cm³/mol. The summed E-state index contributed by atoms with van der Waals surface area (Å²) in [5, 5.41) is 0. The van der Waals surface area contributed by atoms with Crippen LogP contribution in [0, 0.1) is 0 Å². The van der Waals surface area contributed by atoms with Crippen molar-refractivity contribution in [1.82, 2.24) is 0 Å². The Bertz CT molecular complexity index is 275. The van der Waals surface area contributed by atoms with Gasteiger partial charge in [-0.15, -0.1) is 0 Å². The number of rotatable bonds is 1. The van der Waals surface area contributed by atoms with Crippen LogP contribution in [0.2, 0.25) is 0 Å². The maximum atomic E-state index is 5.09. The van der Waals surface area contributed by atoms with Crippen LogP contribution in [0.3, 0.4) is 0 Å². The average molecular weight is 236 g/mol. The van der Waals surface area contributed by atoms with Crippen LogP contribution in [0.15, 0.2) is 28.7 Å². The van der Waals surface area contributed by atoms with Crippen LogP contribution in [-0.2, 0) is 13.7 Å². The van der Waals surface area contributed by atoms with Gasteiger partial charge in [0.1, 0.15) is 0 Å². The molecule has 62 valence electrons. The van der Waals surface area contributed by atoms with Crippen LogP contribution in [0.1, 0.15) is 0 Å². The van der Waals surface area contributed by atoms with E-state index >= 15 is 0 Å². The molecule has 0 spiro atoms. The highest BCUT2D eigenvalue weighted by Gasteiger charge is 2.26. The van der Waals surface area contributed by atoms with E-state index in [1.54, 1.807) is 0 Å². The first-order chi connectivity index (χ1) is 6.36. The molecule has 1 saturated heterocycles. The molecule has 1 fully saturated rings. The number of benzene rings is 1. The standard InChI is InChI=1S/C6H4B3BrO3/c10-6-3-1-5(2-4-6)9-12-7-11-8-13-9/h1-4H. The molecule has 3 nitrogen and oxygen atoms in total. The SMILES string of the molecule is Brc1ccc(B2O[B]O[B]O2)cc1. The van der Waals surface area contributed by atoms with Crippen LogP contribution in [-0.4, -0.2) is 22.5 Å².